The summed E-state index contributed by atoms with van der Waals surface area (Å²) in [5.74, 6) is -0.191. The highest BCUT2D eigenvalue weighted by atomic mass is 32.1. The van der Waals surface area contributed by atoms with Gasteiger partial charge in [-0.2, -0.15) is 0 Å². The van der Waals surface area contributed by atoms with Crippen molar-refractivity contribution in [1.29, 1.82) is 0 Å². The molecule has 184 valence electrons. The van der Waals surface area contributed by atoms with Crippen LogP contribution < -0.4 is 10.2 Å². The summed E-state index contributed by atoms with van der Waals surface area (Å²) in [4.78, 5) is 31.8. The zero-order valence-electron chi connectivity index (χ0n) is 21.0. The Bertz CT molecular complexity index is 1450. The molecular formula is C29H30N4O2S. The van der Waals surface area contributed by atoms with Crippen LogP contribution in [0.5, 0.6) is 0 Å². The van der Waals surface area contributed by atoms with E-state index in [1.807, 2.05) is 61.2 Å². The zero-order chi connectivity index (χ0) is 25.4. The lowest BCUT2D eigenvalue weighted by molar-refractivity contribution is 0.0983. The molecule has 0 unspecified atom stereocenters. The molecule has 0 fully saturated rings. The van der Waals surface area contributed by atoms with Crippen LogP contribution in [0.3, 0.4) is 0 Å². The van der Waals surface area contributed by atoms with Crippen molar-refractivity contribution in [3.05, 3.63) is 105 Å². The molecule has 1 aliphatic rings. The van der Waals surface area contributed by atoms with Crippen molar-refractivity contribution in [2.75, 3.05) is 24.3 Å². The van der Waals surface area contributed by atoms with Gasteiger partial charge in [-0.1, -0.05) is 18.2 Å². The zero-order valence-corrected chi connectivity index (χ0v) is 21.9. The van der Waals surface area contributed by atoms with Gasteiger partial charge in [-0.05, 0) is 86.9 Å². The highest BCUT2D eigenvalue weighted by Gasteiger charge is 2.28. The Labute approximate surface area is 215 Å². The number of benzene rings is 2. The predicted octanol–water partition coefficient (Wildman–Crippen LogP) is 5.69. The first kappa shape index (κ1) is 24.0. The van der Waals surface area contributed by atoms with Crippen LogP contribution in [-0.2, 0) is 19.6 Å². The Balaban J connectivity index is 1.41. The molecule has 2 amide bonds. The number of hydrogen-bond donors (Lipinski definition) is 1. The molecule has 1 aliphatic heterocycles. The van der Waals surface area contributed by atoms with Crippen LogP contribution in [0, 0.1) is 13.8 Å². The molecule has 2 aromatic carbocycles. The minimum absolute atomic E-state index is 0.0345. The monoisotopic (exact) mass is 498 g/mol. The summed E-state index contributed by atoms with van der Waals surface area (Å²) in [5, 5.41) is 5.03. The maximum atomic E-state index is 13.9. The SMILES string of the molecule is Cc1ccccc1C(=O)Nc1ccc(C(=O)N2Cc3ccc(CN(C)C)n3Cc3sccc32)c(C)c1. The second-order valence-corrected chi connectivity index (χ2v) is 10.6. The second-order valence-electron chi connectivity index (χ2n) is 9.56. The first-order valence-electron chi connectivity index (χ1n) is 12.0. The first-order valence-corrected chi connectivity index (χ1v) is 12.9. The van der Waals surface area contributed by atoms with E-state index in [4.69, 9.17) is 0 Å². The van der Waals surface area contributed by atoms with Crippen LogP contribution in [0.4, 0.5) is 11.4 Å². The van der Waals surface area contributed by atoms with Crippen LogP contribution in [-0.4, -0.2) is 35.4 Å². The molecule has 0 atom stereocenters. The number of rotatable bonds is 5. The van der Waals surface area contributed by atoms with Gasteiger partial charge in [-0.3, -0.25) is 9.59 Å². The fourth-order valence-corrected chi connectivity index (χ4v) is 5.64. The first-order chi connectivity index (χ1) is 17.3. The maximum Gasteiger partial charge on any atom is 0.258 e. The number of fused-ring (bicyclic) bond motifs is 2. The standard InChI is InChI=1S/C29H30N4O2S/c1-19-7-5-6-8-24(19)28(34)30-21-9-12-25(20(2)15-21)29(35)33-17-23-11-10-22(16-31(3)4)32(23)18-27-26(33)13-14-36-27/h5-15H,16-18H2,1-4H3,(H,30,34). The molecule has 36 heavy (non-hydrogen) atoms. The number of nitrogens with zero attached hydrogens (tertiary/aromatic N) is 3. The molecule has 0 aliphatic carbocycles. The number of anilines is 2. The number of nitrogens with one attached hydrogen (secondary N) is 1. The third kappa shape index (κ3) is 4.59. The molecule has 1 N–H and O–H groups in total. The van der Waals surface area contributed by atoms with Gasteiger partial charge in [0.05, 0.1) is 18.8 Å². The van der Waals surface area contributed by atoms with Crippen molar-refractivity contribution in [2.24, 2.45) is 0 Å². The Morgan fingerprint density at radius 1 is 0.944 bits per heavy atom. The van der Waals surface area contributed by atoms with Gasteiger partial charge in [-0.15, -0.1) is 11.3 Å². The van der Waals surface area contributed by atoms with Crippen molar-refractivity contribution in [3.63, 3.8) is 0 Å². The molecular weight excluding hydrogens is 468 g/mol. The average molecular weight is 499 g/mol. The number of amides is 2. The van der Waals surface area contributed by atoms with Gasteiger partial charge in [0.1, 0.15) is 0 Å². The largest absolute Gasteiger partial charge is 0.340 e. The highest BCUT2D eigenvalue weighted by Crippen LogP contribution is 2.34. The quantitative estimate of drug-likeness (QED) is 0.385. The molecule has 0 radical (unpaired) electrons. The fraction of sp³-hybridized carbons (Fsp3) is 0.241. The molecule has 0 saturated heterocycles. The molecule has 6 nitrogen and oxygen atoms in total. The van der Waals surface area contributed by atoms with Gasteiger partial charge in [0.25, 0.3) is 11.8 Å². The second kappa shape index (κ2) is 9.76. The summed E-state index contributed by atoms with van der Waals surface area (Å²) in [6, 6.07) is 19.3. The Hall–Kier alpha value is -3.68. The van der Waals surface area contributed by atoms with E-state index in [0.29, 0.717) is 23.4 Å². The van der Waals surface area contributed by atoms with E-state index in [1.54, 1.807) is 17.4 Å². The number of hydrogen-bond acceptors (Lipinski definition) is 4. The van der Waals surface area contributed by atoms with Crippen molar-refractivity contribution < 1.29 is 9.59 Å². The smallest absolute Gasteiger partial charge is 0.258 e. The Morgan fingerprint density at radius 3 is 2.50 bits per heavy atom. The maximum absolute atomic E-state index is 13.9. The van der Waals surface area contributed by atoms with Crippen molar-refractivity contribution >= 4 is 34.5 Å². The summed E-state index contributed by atoms with van der Waals surface area (Å²) >= 11 is 1.69. The normalized spacial score (nSPS) is 12.8. The molecule has 0 saturated carbocycles. The summed E-state index contributed by atoms with van der Waals surface area (Å²) < 4.78 is 2.33. The van der Waals surface area contributed by atoms with Crippen molar-refractivity contribution in [2.45, 2.75) is 33.5 Å². The minimum Gasteiger partial charge on any atom is -0.340 e. The van der Waals surface area contributed by atoms with Crippen LogP contribution in [0.1, 0.15) is 48.1 Å². The van der Waals surface area contributed by atoms with Gasteiger partial charge in [0.15, 0.2) is 0 Å². The van der Waals surface area contributed by atoms with E-state index in [2.05, 4.69) is 46.4 Å². The van der Waals surface area contributed by atoms with Gasteiger partial charge >= 0.3 is 0 Å². The molecule has 7 heteroatoms. The lowest BCUT2D eigenvalue weighted by atomic mass is 10.0. The van der Waals surface area contributed by atoms with Gasteiger partial charge in [0.2, 0.25) is 0 Å². The topological polar surface area (TPSA) is 57.6 Å². The lowest BCUT2D eigenvalue weighted by Crippen LogP contribution is -2.31. The fourth-order valence-electron chi connectivity index (χ4n) is 4.78. The summed E-state index contributed by atoms with van der Waals surface area (Å²) in [6.07, 6.45) is 0. The third-order valence-corrected chi connectivity index (χ3v) is 7.52. The number of aryl methyl sites for hydroxylation is 2. The predicted molar refractivity (Wildman–Crippen MR) is 146 cm³/mol. The number of thiophene rings is 1. The molecule has 0 bridgehead atoms. The van der Waals surface area contributed by atoms with Crippen molar-refractivity contribution in [1.82, 2.24) is 9.47 Å². The van der Waals surface area contributed by atoms with E-state index in [9.17, 15) is 9.59 Å². The van der Waals surface area contributed by atoms with E-state index in [1.165, 1.54) is 10.6 Å². The summed E-state index contributed by atoms with van der Waals surface area (Å²) in [6.45, 7) is 5.97. The Morgan fingerprint density at radius 2 is 1.75 bits per heavy atom. The molecule has 0 spiro atoms. The van der Waals surface area contributed by atoms with E-state index in [-0.39, 0.29) is 11.8 Å². The number of carbonyl (C=O) groups excluding carboxylic acids is 2. The van der Waals surface area contributed by atoms with Crippen LogP contribution in [0.2, 0.25) is 0 Å². The number of carbonyl (C=O) groups is 2. The van der Waals surface area contributed by atoms with Gasteiger partial charge in [-0.25, -0.2) is 0 Å². The van der Waals surface area contributed by atoms with E-state index >= 15 is 0 Å². The van der Waals surface area contributed by atoms with Crippen LogP contribution >= 0.6 is 11.3 Å². The summed E-state index contributed by atoms with van der Waals surface area (Å²) in [7, 11) is 4.14. The Kier molecular flexibility index (Phi) is 6.51. The molecule has 3 heterocycles. The average Bonchev–Trinajstić information content (AvgIpc) is 3.41. The molecule has 4 aromatic rings. The van der Waals surface area contributed by atoms with Gasteiger partial charge < -0.3 is 19.7 Å². The summed E-state index contributed by atoms with van der Waals surface area (Å²) in [5.41, 5.74) is 7.04. The van der Waals surface area contributed by atoms with Gasteiger partial charge in [0, 0.05) is 39.6 Å². The molecule has 5 rings (SSSR count). The van der Waals surface area contributed by atoms with Crippen LogP contribution in [0.25, 0.3) is 0 Å². The lowest BCUT2D eigenvalue weighted by Gasteiger charge is -2.22. The van der Waals surface area contributed by atoms with Crippen LogP contribution in [0.15, 0.2) is 66.0 Å². The van der Waals surface area contributed by atoms with Crippen molar-refractivity contribution in [3.8, 4) is 0 Å². The molecule has 2 aromatic heterocycles. The number of aromatic nitrogens is 1. The van der Waals surface area contributed by atoms with E-state index in [0.717, 1.165) is 35.6 Å². The van der Waals surface area contributed by atoms with E-state index < -0.39 is 0 Å². The third-order valence-electron chi connectivity index (χ3n) is 6.62. The highest BCUT2D eigenvalue weighted by molar-refractivity contribution is 7.10. The minimum atomic E-state index is -0.156.